The number of aromatic nitrogens is 2. The van der Waals surface area contributed by atoms with Gasteiger partial charge in [0.15, 0.2) is 0 Å². The average Bonchev–Trinajstić information content (AvgIpc) is 3.33. The van der Waals surface area contributed by atoms with Crippen molar-refractivity contribution in [1.29, 1.82) is 0 Å². The van der Waals surface area contributed by atoms with Crippen LogP contribution in [-0.2, 0) is 16.7 Å². The van der Waals surface area contributed by atoms with Crippen LogP contribution < -0.4 is 10.1 Å². The van der Waals surface area contributed by atoms with Crippen molar-refractivity contribution in [3.63, 3.8) is 0 Å². The molecule has 30 heavy (non-hydrogen) atoms. The molecule has 2 heterocycles. The van der Waals surface area contributed by atoms with Crippen LogP contribution in [0.4, 0.5) is 10.3 Å². The first-order valence-corrected chi connectivity index (χ1v) is 9.39. The molecule has 1 amide bonds. The topological polar surface area (TPSA) is 77.7 Å². The fourth-order valence-corrected chi connectivity index (χ4v) is 3.34. The molecule has 0 spiro atoms. The molecule has 1 atom stereocenters. The van der Waals surface area contributed by atoms with Gasteiger partial charge in [0.25, 0.3) is 5.91 Å². The first kappa shape index (κ1) is 19.6. The molecule has 7 nitrogen and oxygen atoms in total. The lowest BCUT2D eigenvalue weighted by atomic mass is 9.94. The molecule has 0 saturated heterocycles. The largest absolute Gasteiger partial charge is 0.496 e. The molecule has 1 aliphatic heterocycles. The fourth-order valence-electron chi connectivity index (χ4n) is 3.34. The number of halogens is 1. The van der Waals surface area contributed by atoms with E-state index in [1.165, 1.54) is 12.1 Å². The average molecular weight is 408 g/mol. The highest BCUT2D eigenvalue weighted by Gasteiger charge is 2.43. The highest BCUT2D eigenvalue weighted by Crippen LogP contribution is 2.31. The zero-order valence-corrected chi connectivity index (χ0v) is 16.8. The van der Waals surface area contributed by atoms with Crippen LogP contribution in [0.25, 0.3) is 11.3 Å². The van der Waals surface area contributed by atoms with E-state index in [0.717, 1.165) is 16.8 Å². The Hall–Kier alpha value is -3.68. The Labute approximate surface area is 173 Å². The number of imidazole rings is 1. The lowest BCUT2D eigenvalue weighted by Crippen LogP contribution is -2.41. The van der Waals surface area contributed by atoms with E-state index in [2.05, 4.69) is 15.5 Å². The van der Waals surface area contributed by atoms with Gasteiger partial charge in [-0.05, 0) is 43.3 Å². The second-order valence-corrected chi connectivity index (χ2v) is 7.22. The summed E-state index contributed by atoms with van der Waals surface area (Å²) >= 11 is 0. The van der Waals surface area contributed by atoms with Gasteiger partial charge in [-0.3, -0.25) is 10.1 Å². The van der Waals surface area contributed by atoms with Gasteiger partial charge in [-0.1, -0.05) is 17.3 Å². The number of hydrogen-bond donors (Lipinski definition) is 1. The molecule has 0 saturated carbocycles. The summed E-state index contributed by atoms with van der Waals surface area (Å²) in [6.07, 6.45) is 1.91. The second-order valence-electron chi connectivity index (χ2n) is 7.22. The summed E-state index contributed by atoms with van der Waals surface area (Å²) in [5, 5.41) is 6.93. The number of rotatable bonds is 5. The predicted octanol–water partition coefficient (Wildman–Crippen LogP) is 3.76. The molecule has 2 aromatic carbocycles. The molecular formula is C22H21FN4O3. The van der Waals surface area contributed by atoms with Crippen LogP contribution in [0, 0.1) is 5.82 Å². The molecule has 8 heteroatoms. The van der Waals surface area contributed by atoms with Crippen molar-refractivity contribution >= 4 is 17.6 Å². The predicted molar refractivity (Wildman–Crippen MR) is 111 cm³/mol. The summed E-state index contributed by atoms with van der Waals surface area (Å²) in [5.74, 6) is 0.342. The minimum absolute atomic E-state index is 0.286. The van der Waals surface area contributed by atoms with E-state index in [4.69, 9.17) is 9.57 Å². The normalized spacial score (nSPS) is 17.9. The van der Waals surface area contributed by atoms with E-state index in [9.17, 15) is 9.18 Å². The summed E-state index contributed by atoms with van der Waals surface area (Å²) in [6, 6.07) is 13.5. The van der Waals surface area contributed by atoms with Gasteiger partial charge >= 0.3 is 0 Å². The van der Waals surface area contributed by atoms with Gasteiger partial charge in [-0.2, -0.15) is 0 Å². The van der Waals surface area contributed by atoms with Crippen molar-refractivity contribution in [3.8, 4) is 17.0 Å². The third-order valence-corrected chi connectivity index (χ3v) is 5.11. The van der Waals surface area contributed by atoms with Crippen molar-refractivity contribution < 1.29 is 18.8 Å². The number of hydrogen-bond acceptors (Lipinski definition) is 5. The molecule has 1 N–H and O–H groups in total. The molecule has 154 valence electrons. The van der Waals surface area contributed by atoms with Crippen molar-refractivity contribution in [3.05, 3.63) is 66.1 Å². The third-order valence-electron chi connectivity index (χ3n) is 5.11. The van der Waals surface area contributed by atoms with E-state index in [1.807, 2.05) is 24.3 Å². The summed E-state index contributed by atoms with van der Waals surface area (Å²) < 4.78 is 20.3. The van der Waals surface area contributed by atoms with E-state index in [0.29, 0.717) is 17.4 Å². The maximum Gasteiger partial charge on any atom is 0.273 e. The van der Waals surface area contributed by atoms with E-state index >= 15 is 0 Å². The first-order valence-electron chi connectivity index (χ1n) is 9.39. The van der Waals surface area contributed by atoms with Crippen LogP contribution in [0.3, 0.4) is 0 Å². The van der Waals surface area contributed by atoms with Crippen LogP contribution >= 0.6 is 0 Å². The monoisotopic (exact) mass is 408 g/mol. The number of amides is 1. The fraction of sp³-hybridized carbons (Fsp3) is 0.227. The second kappa shape index (κ2) is 7.62. The number of anilines is 1. The Morgan fingerprint density at radius 3 is 2.70 bits per heavy atom. The molecule has 0 fully saturated rings. The summed E-state index contributed by atoms with van der Waals surface area (Å²) in [6.45, 7) is 1.68. The number of methoxy groups -OCH3 is 1. The van der Waals surface area contributed by atoms with Crippen LogP contribution in [0.1, 0.15) is 18.9 Å². The van der Waals surface area contributed by atoms with Crippen LogP contribution in [0.15, 0.2) is 59.9 Å². The molecule has 0 radical (unpaired) electrons. The molecule has 4 rings (SSSR count). The van der Waals surface area contributed by atoms with Crippen molar-refractivity contribution in [1.82, 2.24) is 9.55 Å². The number of ether oxygens (including phenoxy) is 1. The molecule has 0 aliphatic carbocycles. The summed E-state index contributed by atoms with van der Waals surface area (Å²) in [5.41, 5.74) is 1.77. The van der Waals surface area contributed by atoms with Gasteiger partial charge in [-0.15, -0.1) is 0 Å². The smallest absolute Gasteiger partial charge is 0.273 e. The van der Waals surface area contributed by atoms with Crippen LogP contribution in [-0.4, -0.2) is 33.9 Å². The highest BCUT2D eigenvalue weighted by molar-refractivity contribution is 6.09. The van der Waals surface area contributed by atoms with Gasteiger partial charge in [0.1, 0.15) is 11.6 Å². The number of carbonyl (C=O) groups is 1. The Morgan fingerprint density at radius 2 is 1.97 bits per heavy atom. The number of nitrogens with one attached hydrogen (secondary N) is 1. The number of nitrogens with zero attached hydrogens (tertiary/aromatic N) is 3. The minimum Gasteiger partial charge on any atom is -0.496 e. The van der Waals surface area contributed by atoms with Gasteiger partial charge in [0.2, 0.25) is 11.5 Å². The van der Waals surface area contributed by atoms with E-state index < -0.39 is 5.60 Å². The van der Waals surface area contributed by atoms with Crippen LogP contribution in [0.2, 0.25) is 0 Å². The molecule has 0 bridgehead atoms. The molecule has 1 aliphatic rings. The Kier molecular flexibility index (Phi) is 4.99. The Morgan fingerprint density at radius 1 is 1.23 bits per heavy atom. The van der Waals surface area contributed by atoms with E-state index in [1.54, 1.807) is 44.0 Å². The lowest BCUT2D eigenvalue weighted by molar-refractivity contribution is -0.136. The van der Waals surface area contributed by atoms with Crippen molar-refractivity contribution in [2.24, 2.45) is 12.2 Å². The van der Waals surface area contributed by atoms with E-state index in [-0.39, 0.29) is 18.1 Å². The summed E-state index contributed by atoms with van der Waals surface area (Å²) in [7, 11) is 3.36. The number of benzene rings is 2. The molecule has 1 aromatic heterocycles. The van der Waals surface area contributed by atoms with Gasteiger partial charge in [-0.25, -0.2) is 9.37 Å². The van der Waals surface area contributed by atoms with Gasteiger partial charge in [0.05, 0.1) is 24.7 Å². The zero-order chi connectivity index (χ0) is 21.3. The highest BCUT2D eigenvalue weighted by atomic mass is 19.1. The van der Waals surface area contributed by atoms with Gasteiger partial charge in [0, 0.05) is 24.6 Å². The minimum atomic E-state index is -1.18. The number of oxime groups is 1. The SMILES string of the molecule is COc1ccccc1C1=NO[C@](C)(C(=O)Nc2ncc(-c3ccc(F)cc3)n2C)C1. The number of carbonyl (C=O) groups excluding carboxylic acids is 1. The van der Waals surface area contributed by atoms with Gasteiger partial charge < -0.3 is 14.1 Å². The summed E-state index contributed by atoms with van der Waals surface area (Å²) in [4.78, 5) is 22.8. The molecule has 0 unspecified atom stereocenters. The third kappa shape index (κ3) is 3.52. The van der Waals surface area contributed by atoms with Crippen molar-refractivity contribution in [2.45, 2.75) is 18.9 Å². The number of para-hydroxylation sites is 1. The van der Waals surface area contributed by atoms with Crippen LogP contribution in [0.5, 0.6) is 5.75 Å². The zero-order valence-electron chi connectivity index (χ0n) is 16.8. The maximum atomic E-state index is 13.2. The first-order chi connectivity index (χ1) is 14.4. The lowest BCUT2D eigenvalue weighted by Gasteiger charge is -2.20. The maximum absolute atomic E-state index is 13.2. The quantitative estimate of drug-likeness (QED) is 0.697. The van der Waals surface area contributed by atoms with Crippen molar-refractivity contribution in [2.75, 3.05) is 12.4 Å². The molecular weight excluding hydrogens is 387 g/mol. The standard InChI is InChI=1S/C22H21FN4O3/c1-22(12-17(26-30-22)16-6-4-5-7-19(16)29-3)20(28)25-21-24-13-18(27(21)2)14-8-10-15(23)11-9-14/h4-11,13H,12H2,1-3H3,(H,24,25,28)/t22-/m0/s1. The Balaban J connectivity index is 1.50. The molecule has 3 aromatic rings. The Bertz CT molecular complexity index is 1120.